The van der Waals surface area contributed by atoms with E-state index in [1.165, 1.54) is 11.0 Å². The smallest absolute Gasteiger partial charge is 0.256 e. The number of aromatic nitrogens is 3. The van der Waals surface area contributed by atoms with Crippen molar-refractivity contribution in [3.63, 3.8) is 0 Å². The third-order valence-corrected chi connectivity index (χ3v) is 2.20. The van der Waals surface area contributed by atoms with Crippen molar-refractivity contribution in [1.82, 2.24) is 15.0 Å². The standard InChI is InChI=1S/C10H9ClN4O/c1-15-12-6-9(14-15)13-10(16)7-2-4-8(11)5-3-7/h2-6H,1H3,(H,13,14,16). The van der Waals surface area contributed by atoms with Gasteiger partial charge in [0.1, 0.15) is 0 Å². The summed E-state index contributed by atoms with van der Waals surface area (Å²) in [5, 5.41) is 11.0. The monoisotopic (exact) mass is 236 g/mol. The summed E-state index contributed by atoms with van der Waals surface area (Å²) in [5.41, 5.74) is 0.523. The summed E-state index contributed by atoms with van der Waals surface area (Å²) in [7, 11) is 1.68. The summed E-state index contributed by atoms with van der Waals surface area (Å²) >= 11 is 5.72. The Morgan fingerprint density at radius 3 is 2.62 bits per heavy atom. The molecule has 0 unspecified atom stereocenters. The Morgan fingerprint density at radius 1 is 1.38 bits per heavy atom. The first-order valence-corrected chi connectivity index (χ1v) is 4.96. The van der Waals surface area contributed by atoms with Gasteiger partial charge in [-0.15, -0.1) is 5.10 Å². The lowest BCUT2D eigenvalue weighted by Gasteiger charge is -2.00. The summed E-state index contributed by atoms with van der Waals surface area (Å²) in [6, 6.07) is 6.61. The molecule has 1 N–H and O–H groups in total. The lowest BCUT2D eigenvalue weighted by Crippen LogP contribution is -2.12. The highest BCUT2D eigenvalue weighted by atomic mass is 35.5. The molecule has 82 valence electrons. The highest BCUT2D eigenvalue weighted by Gasteiger charge is 2.07. The highest BCUT2D eigenvalue weighted by Crippen LogP contribution is 2.10. The van der Waals surface area contributed by atoms with Gasteiger partial charge in [-0.2, -0.15) is 9.90 Å². The number of nitrogens with zero attached hydrogens (tertiary/aromatic N) is 3. The summed E-state index contributed by atoms with van der Waals surface area (Å²) in [5.74, 6) is 0.180. The molecule has 0 aliphatic carbocycles. The Balaban J connectivity index is 2.11. The molecule has 5 nitrogen and oxygen atoms in total. The van der Waals surface area contributed by atoms with E-state index in [2.05, 4.69) is 15.5 Å². The highest BCUT2D eigenvalue weighted by molar-refractivity contribution is 6.30. The number of nitrogens with one attached hydrogen (secondary N) is 1. The van der Waals surface area contributed by atoms with Gasteiger partial charge in [-0.05, 0) is 24.3 Å². The Bertz CT molecular complexity index is 506. The van der Waals surface area contributed by atoms with E-state index in [0.717, 1.165) is 0 Å². The van der Waals surface area contributed by atoms with Crippen LogP contribution in [-0.2, 0) is 7.05 Å². The van der Waals surface area contributed by atoms with Crippen molar-refractivity contribution >= 4 is 23.3 Å². The molecule has 0 fully saturated rings. The van der Waals surface area contributed by atoms with Crippen LogP contribution in [0, 0.1) is 0 Å². The van der Waals surface area contributed by atoms with Crippen LogP contribution in [0.1, 0.15) is 10.4 Å². The molecule has 0 saturated heterocycles. The normalized spacial score (nSPS) is 10.1. The maximum absolute atomic E-state index is 11.7. The van der Waals surface area contributed by atoms with E-state index in [1.807, 2.05) is 0 Å². The van der Waals surface area contributed by atoms with Crippen LogP contribution in [0.4, 0.5) is 5.82 Å². The minimum absolute atomic E-state index is 0.239. The minimum atomic E-state index is -0.239. The van der Waals surface area contributed by atoms with E-state index < -0.39 is 0 Å². The van der Waals surface area contributed by atoms with Crippen LogP contribution in [0.5, 0.6) is 0 Å². The third-order valence-electron chi connectivity index (χ3n) is 1.95. The Labute approximate surface area is 97.0 Å². The molecule has 2 aromatic rings. The van der Waals surface area contributed by atoms with Crippen LogP contribution in [0.15, 0.2) is 30.5 Å². The van der Waals surface area contributed by atoms with Gasteiger partial charge in [-0.25, -0.2) is 0 Å². The summed E-state index contributed by atoms with van der Waals surface area (Å²) in [6.45, 7) is 0. The fraction of sp³-hybridized carbons (Fsp3) is 0.100. The van der Waals surface area contributed by atoms with Gasteiger partial charge < -0.3 is 5.32 Å². The SMILES string of the molecule is Cn1ncc(NC(=O)c2ccc(Cl)cc2)n1. The molecule has 1 heterocycles. The number of aryl methyl sites for hydroxylation is 1. The first-order chi connectivity index (χ1) is 7.65. The number of amides is 1. The molecule has 16 heavy (non-hydrogen) atoms. The first-order valence-electron chi connectivity index (χ1n) is 4.58. The number of carbonyl (C=O) groups is 1. The average molecular weight is 237 g/mol. The number of hydrogen-bond acceptors (Lipinski definition) is 3. The second-order valence-corrected chi connectivity index (χ2v) is 3.62. The zero-order valence-corrected chi connectivity index (χ0v) is 9.27. The summed E-state index contributed by atoms with van der Waals surface area (Å²) < 4.78 is 0. The lowest BCUT2D eigenvalue weighted by molar-refractivity contribution is 0.102. The second-order valence-electron chi connectivity index (χ2n) is 3.18. The van der Waals surface area contributed by atoms with E-state index in [9.17, 15) is 4.79 Å². The van der Waals surface area contributed by atoms with Gasteiger partial charge in [-0.1, -0.05) is 11.6 Å². The average Bonchev–Trinajstić information content (AvgIpc) is 2.65. The number of benzene rings is 1. The van der Waals surface area contributed by atoms with Crippen LogP contribution in [0.2, 0.25) is 5.02 Å². The zero-order chi connectivity index (χ0) is 11.5. The lowest BCUT2D eigenvalue weighted by atomic mass is 10.2. The van der Waals surface area contributed by atoms with Gasteiger partial charge in [0.15, 0.2) is 5.82 Å². The van der Waals surface area contributed by atoms with Gasteiger partial charge in [0, 0.05) is 17.6 Å². The fourth-order valence-corrected chi connectivity index (χ4v) is 1.32. The first kappa shape index (κ1) is 10.6. The molecule has 0 spiro atoms. The number of rotatable bonds is 2. The molecule has 2 rings (SSSR count). The quantitative estimate of drug-likeness (QED) is 0.864. The minimum Gasteiger partial charge on any atom is -0.304 e. The van der Waals surface area contributed by atoms with Crippen LogP contribution in [0.25, 0.3) is 0 Å². The molecule has 1 aromatic carbocycles. The fourth-order valence-electron chi connectivity index (χ4n) is 1.19. The molecule has 1 amide bonds. The van der Waals surface area contributed by atoms with Gasteiger partial charge in [0.25, 0.3) is 5.91 Å². The molecular weight excluding hydrogens is 228 g/mol. The molecule has 6 heteroatoms. The maximum Gasteiger partial charge on any atom is 0.256 e. The number of anilines is 1. The van der Waals surface area contributed by atoms with Gasteiger partial charge in [0.05, 0.1) is 6.20 Å². The molecule has 0 bridgehead atoms. The van der Waals surface area contributed by atoms with Crippen molar-refractivity contribution in [2.24, 2.45) is 7.05 Å². The van der Waals surface area contributed by atoms with Crippen molar-refractivity contribution in [2.75, 3.05) is 5.32 Å². The van der Waals surface area contributed by atoms with Crippen molar-refractivity contribution < 1.29 is 4.79 Å². The molecule has 0 aliphatic rings. The van der Waals surface area contributed by atoms with Gasteiger partial charge >= 0.3 is 0 Å². The van der Waals surface area contributed by atoms with Crippen LogP contribution < -0.4 is 5.32 Å². The molecule has 1 aromatic heterocycles. The molecule has 0 atom stereocenters. The van der Waals surface area contributed by atoms with Crippen LogP contribution in [0.3, 0.4) is 0 Å². The molecule has 0 radical (unpaired) electrons. The Kier molecular flexibility index (Phi) is 2.87. The van der Waals surface area contributed by atoms with Crippen molar-refractivity contribution in [1.29, 1.82) is 0 Å². The predicted molar refractivity (Wildman–Crippen MR) is 60.4 cm³/mol. The summed E-state index contributed by atoms with van der Waals surface area (Å²) in [4.78, 5) is 13.1. The largest absolute Gasteiger partial charge is 0.304 e. The Hall–Kier alpha value is -1.88. The topological polar surface area (TPSA) is 59.8 Å². The van der Waals surface area contributed by atoms with Gasteiger partial charge in [-0.3, -0.25) is 4.79 Å². The Morgan fingerprint density at radius 2 is 2.06 bits per heavy atom. The number of halogens is 1. The van der Waals surface area contributed by atoms with Crippen LogP contribution in [-0.4, -0.2) is 20.9 Å². The second kappa shape index (κ2) is 4.32. The van der Waals surface area contributed by atoms with E-state index in [-0.39, 0.29) is 5.91 Å². The van der Waals surface area contributed by atoms with Crippen molar-refractivity contribution in [2.45, 2.75) is 0 Å². The number of carbonyl (C=O) groups excluding carboxylic acids is 1. The van der Waals surface area contributed by atoms with E-state index in [1.54, 1.807) is 31.3 Å². The third kappa shape index (κ3) is 2.38. The van der Waals surface area contributed by atoms with Crippen molar-refractivity contribution in [3.8, 4) is 0 Å². The maximum atomic E-state index is 11.7. The predicted octanol–water partition coefficient (Wildman–Crippen LogP) is 1.72. The van der Waals surface area contributed by atoms with Gasteiger partial charge in [0.2, 0.25) is 0 Å². The molecule has 0 saturated carbocycles. The summed E-state index contributed by atoms with van der Waals surface area (Å²) in [6.07, 6.45) is 1.48. The molecule has 0 aliphatic heterocycles. The molecular formula is C10H9ClN4O. The zero-order valence-electron chi connectivity index (χ0n) is 8.51. The van der Waals surface area contributed by atoms with Crippen LogP contribution >= 0.6 is 11.6 Å². The van der Waals surface area contributed by atoms with E-state index >= 15 is 0 Å². The van der Waals surface area contributed by atoms with Crippen molar-refractivity contribution in [3.05, 3.63) is 41.0 Å². The van der Waals surface area contributed by atoms with E-state index in [0.29, 0.717) is 16.4 Å². The van der Waals surface area contributed by atoms with E-state index in [4.69, 9.17) is 11.6 Å². The number of hydrogen-bond donors (Lipinski definition) is 1.